The van der Waals surface area contributed by atoms with Crippen LogP contribution in [0.4, 0.5) is 0 Å². The molecule has 1 aliphatic carbocycles. The molecule has 6 heteroatoms. The van der Waals surface area contributed by atoms with Gasteiger partial charge in [-0.05, 0) is 39.9 Å². The average molecular weight is 440 g/mol. The Hall–Kier alpha value is -2.82. The topological polar surface area (TPSA) is 55.4 Å². The summed E-state index contributed by atoms with van der Waals surface area (Å²) in [6.45, 7) is 0. The van der Waals surface area contributed by atoms with Crippen molar-refractivity contribution in [1.82, 2.24) is 5.32 Å². The lowest BCUT2D eigenvalue weighted by Crippen LogP contribution is -2.45. The number of nitrogens with one attached hydrogen (secondary N) is 1. The Bertz CT molecular complexity index is 1080. The summed E-state index contributed by atoms with van der Waals surface area (Å²) in [6.07, 6.45) is 0.199. The van der Waals surface area contributed by atoms with Crippen LogP contribution in [-0.4, -0.2) is 25.0 Å². The van der Waals surface area contributed by atoms with Gasteiger partial charge in [0.2, 0.25) is 5.91 Å². The molecule has 0 aliphatic heterocycles. The fourth-order valence-electron chi connectivity index (χ4n) is 3.94. The highest BCUT2D eigenvalue weighted by Crippen LogP contribution is 2.44. The molecule has 152 valence electrons. The molecule has 3 aromatic carbocycles. The van der Waals surface area contributed by atoms with E-state index in [9.17, 15) is 9.59 Å². The van der Waals surface area contributed by atoms with Gasteiger partial charge in [-0.2, -0.15) is 0 Å². The monoisotopic (exact) mass is 439 g/mol. The van der Waals surface area contributed by atoms with Crippen LogP contribution in [0.1, 0.15) is 22.6 Å². The number of hydrogen-bond acceptors (Lipinski definition) is 3. The minimum absolute atomic E-state index is 0.199. The minimum atomic E-state index is -0.874. The minimum Gasteiger partial charge on any atom is -0.467 e. The Morgan fingerprint density at radius 3 is 2.13 bits per heavy atom. The maximum absolute atomic E-state index is 13.4. The summed E-state index contributed by atoms with van der Waals surface area (Å²) in [7, 11) is 1.30. The van der Waals surface area contributed by atoms with E-state index in [0.29, 0.717) is 15.6 Å². The lowest BCUT2D eigenvalue weighted by atomic mass is 9.95. The highest BCUT2D eigenvalue weighted by Gasteiger charge is 2.35. The third kappa shape index (κ3) is 3.81. The molecule has 30 heavy (non-hydrogen) atoms. The zero-order valence-electron chi connectivity index (χ0n) is 16.2. The number of benzene rings is 3. The normalized spacial score (nSPS) is 13.3. The molecular formula is C24H19Cl2NO3. The van der Waals surface area contributed by atoms with Gasteiger partial charge >= 0.3 is 5.97 Å². The van der Waals surface area contributed by atoms with Crippen molar-refractivity contribution in [3.63, 3.8) is 0 Å². The Labute approximate surface area is 184 Å². The molecular weight excluding hydrogens is 421 g/mol. The number of methoxy groups -OCH3 is 1. The molecule has 4 nitrogen and oxygen atoms in total. The number of rotatable bonds is 5. The van der Waals surface area contributed by atoms with Crippen LogP contribution in [-0.2, 0) is 20.7 Å². The molecule has 1 aliphatic rings. The average Bonchev–Trinajstić information content (AvgIpc) is 3.09. The van der Waals surface area contributed by atoms with Gasteiger partial charge in [-0.1, -0.05) is 77.8 Å². The molecule has 0 saturated heterocycles. The van der Waals surface area contributed by atoms with Crippen LogP contribution in [0, 0.1) is 0 Å². The number of fused-ring (bicyclic) bond motifs is 3. The van der Waals surface area contributed by atoms with Crippen LogP contribution in [0.3, 0.4) is 0 Å². The van der Waals surface area contributed by atoms with Crippen molar-refractivity contribution in [3.05, 3.63) is 93.5 Å². The van der Waals surface area contributed by atoms with Gasteiger partial charge < -0.3 is 10.1 Å². The van der Waals surface area contributed by atoms with Crippen LogP contribution >= 0.6 is 23.2 Å². The second-order valence-electron chi connectivity index (χ2n) is 7.13. The first-order valence-electron chi connectivity index (χ1n) is 9.50. The quantitative estimate of drug-likeness (QED) is 0.568. The summed E-state index contributed by atoms with van der Waals surface area (Å²) < 4.78 is 4.93. The second kappa shape index (κ2) is 8.50. The van der Waals surface area contributed by atoms with Crippen molar-refractivity contribution in [2.75, 3.05) is 7.11 Å². The van der Waals surface area contributed by atoms with Gasteiger partial charge in [-0.25, -0.2) is 4.79 Å². The zero-order valence-corrected chi connectivity index (χ0v) is 17.7. The molecule has 0 spiro atoms. The smallest absolute Gasteiger partial charge is 0.328 e. The lowest BCUT2D eigenvalue weighted by molar-refractivity contribution is -0.145. The third-order valence-corrected chi connectivity index (χ3v) is 5.92. The fourth-order valence-corrected chi connectivity index (χ4v) is 4.42. The predicted octanol–water partition coefficient (Wildman–Crippen LogP) is 5.01. The standard InChI is InChI=1S/C24H19Cl2NO3/c1-30-24(29)21(12-14-10-11-15(25)13-20(14)26)27-23(28)22-18-8-4-2-6-16(18)17-7-3-5-9-19(17)22/h2-11,13,21-22H,12H2,1H3,(H,27,28)/t21-/m0/s1. The van der Waals surface area contributed by atoms with Crippen LogP contribution in [0.2, 0.25) is 10.0 Å². The molecule has 0 bridgehead atoms. The molecule has 0 saturated carbocycles. The molecule has 0 unspecified atom stereocenters. The van der Waals surface area contributed by atoms with Crippen LogP contribution in [0.25, 0.3) is 11.1 Å². The van der Waals surface area contributed by atoms with E-state index < -0.39 is 17.9 Å². The number of amides is 1. The van der Waals surface area contributed by atoms with Gasteiger partial charge in [0.1, 0.15) is 6.04 Å². The Balaban J connectivity index is 1.64. The summed E-state index contributed by atoms with van der Waals surface area (Å²) in [4.78, 5) is 25.8. The molecule has 0 heterocycles. The number of halogens is 2. The van der Waals surface area contributed by atoms with E-state index >= 15 is 0 Å². The van der Waals surface area contributed by atoms with E-state index in [4.69, 9.17) is 27.9 Å². The summed E-state index contributed by atoms with van der Waals surface area (Å²) in [5, 5.41) is 3.81. The van der Waals surface area contributed by atoms with Crippen LogP contribution in [0.5, 0.6) is 0 Å². The first-order valence-corrected chi connectivity index (χ1v) is 10.3. The molecule has 1 N–H and O–H groups in total. The van der Waals surface area contributed by atoms with Crippen molar-refractivity contribution < 1.29 is 14.3 Å². The highest BCUT2D eigenvalue weighted by atomic mass is 35.5. The first-order chi connectivity index (χ1) is 14.5. The van der Waals surface area contributed by atoms with Gasteiger partial charge in [0.05, 0.1) is 13.0 Å². The molecule has 0 radical (unpaired) electrons. The SMILES string of the molecule is COC(=O)[C@H](Cc1ccc(Cl)cc1Cl)NC(=O)C1c2ccccc2-c2ccccc21. The predicted molar refractivity (Wildman–Crippen MR) is 118 cm³/mol. The zero-order chi connectivity index (χ0) is 21.3. The van der Waals surface area contributed by atoms with Gasteiger partial charge in [-0.3, -0.25) is 4.79 Å². The van der Waals surface area contributed by atoms with Crippen molar-refractivity contribution in [1.29, 1.82) is 0 Å². The summed E-state index contributed by atoms with van der Waals surface area (Å²) in [5.74, 6) is -1.29. The number of hydrogen-bond donors (Lipinski definition) is 1. The van der Waals surface area contributed by atoms with Crippen molar-refractivity contribution >= 4 is 35.1 Å². The maximum atomic E-state index is 13.4. The van der Waals surface area contributed by atoms with E-state index in [1.807, 2.05) is 48.5 Å². The highest BCUT2D eigenvalue weighted by molar-refractivity contribution is 6.35. The number of carbonyl (C=O) groups excluding carboxylic acids is 2. The van der Waals surface area contributed by atoms with E-state index in [1.165, 1.54) is 7.11 Å². The van der Waals surface area contributed by atoms with Crippen LogP contribution in [0.15, 0.2) is 66.7 Å². The summed E-state index contributed by atoms with van der Waals surface area (Å²) in [5.41, 5.74) is 4.60. The van der Waals surface area contributed by atoms with E-state index in [1.54, 1.807) is 18.2 Å². The van der Waals surface area contributed by atoms with Gasteiger partial charge in [0.15, 0.2) is 0 Å². The Morgan fingerprint density at radius 1 is 0.967 bits per heavy atom. The lowest BCUT2D eigenvalue weighted by Gasteiger charge is -2.21. The van der Waals surface area contributed by atoms with Crippen molar-refractivity contribution in [2.45, 2.75) is 18.4 Å². The third-order valence-electron chi connectivity index (χ3n) is 5.34. The van der Waals surface area contributed by atoms with E-state index in [-0.39, 0.29) is 12.3 Å². The van der Waals surface area contributed by atoms with E-state index in [2.05, 4.69) is 5.32 Å². The maximum Gasteiger partial charge on any atom is 0.328 e. The van der Waals surface area contributed by atoms with Crippen LogP contribution < -0.4 is 5.32 Å². The van der Waals surface area contributed by atoms with E-state index in [0.717, 1.165) is 22.3 Å². The first kappa shape index (κ1) is 20.5. The van der Waals surface area contributed by atoms with Gasteiger partial charge in [0, 0.05) is 16.5 Å². The van der Waals surface area contributed by atoms with Crippen molar-refractivity contribution in [3.8, 4) is 11.1 Å². The number of esters is 1. The van der Waals surface area contributed by atoms with Crippen molar-refractivity contribution in [2.24, 2.45) is 0 Å². The summed E-state index contributed by atoms with van der Waals surface area (Å²) >= 11 is 12.2. The second-order valence-corrected chi connectivity index (χ2v) is 7.98. The molecule has 4 rings (SSSR count). The Morgan fingerprint density at radius 2 is 1.57 bits per heavy atom. The molecule has 3 aromatic rings. The van der Waals surface area contributed by atoms with Gasteiger partial charge in [0.25, 0.3) is 0 Å². The Kier molecular flexibility index (Phi) is 5.80. The largest absolute Gasteiger partial charge is 0.467 e. The number of ether oxygens (including phenoxy) is 1. The summed E-state index contributed by atoms with van der Waals surface area (Å²) in [6, 6.07) is 19.8. The molecule has 0 aromatic heterocycles. The fraction of sp³-hybridized carbons (Fsp3) is 0.167. The molecule has 1 atom stereocenters. The molecule has 0 fully saturated rings. The number of carbonyl (C=O) groups is 2. The molecule has 1 amide bonds. The van der Waals surface area contributed by atoms with Gasteiger partial charge in [-0.15, -0.1) is 0 Å².